The maximum absolute atomic E-state index is 10.2. The molecule has 0 aromatic rings. The highest BCUT2D eigenvalue weighted by atomic mass is 32.1. The van der Waals surface area contributed by atoms with Crippen LogP contribution in [0.1, 0.15) is 0 Å². The fourth-order valence-electron chi connectivity index (χ4n) is 0.437. The minimum Gasteiger partial charge on any atom is -0.480 e. The Hall–Kier alpha value is -1.04. The predicted octanol–water partition coefficient (Wildman–Crippen LogP) is -1.32. The van der Waals surface area contributed by atoms with Crippen LogP contribution in [0, 0.1) is 0 Å². The summed E-state index contributed by atoms with van der Waals surface area (Å²) in [5, 5.41) is 9.13. The molecule has 0 fully saturated rings. The fraction of sp³-hybridized carbons (Fsp3) is 0.400. The summed E-state index contributed by atoms with van der Waals surface area (Å²) in [7, 11) is 0. The number of hydrogen-bond donors (Lipinski definition) is 3. The Kier molecular flexibility index (Phi) is 4.28. The van der Waals surface area contributed by atoms with E-state index in [-0.39, 0.29) is 6.41 Å². The third-order valence-corrected chi connectivity index (χ3v) is 1.54. The average molecular weight is 177 g/mol. The summed E-state index contributed by atoms with van der Waals surface area (Å²) < 4.78 is 0. The lowest BCUT2D eigenvalue weighted by Crippen LogP contribution is -2.41. The number of rotatable bonds is 5. The van der Waals surface area contributed by atoms with Crippen molar-refractivity contribution < 1.29 is 19.5 Å². The molecular weight excluding hydrogens is 170 g/mol. The molecule has 0 aromatic carbocycles. The molecule has 0 spiro atoms. The number of nitrogens with one attached hydrogen (secondary N) is 1. The van der Waals surface area contributed by atoms with Gasteiger partial charge in [-0.3, -0.25) is 9.59 Å². The van der Waals surface area contributed by atoms with Gasteiger partial charge in [0.05, 0.1) is 0 Å². The molecule has 0 aliphatic rings. The molecule has 6 heteroatoms. The number of carboxylic acids is 1. The van der Waals surface area contributed by atoms with Crippen molar-refractivity contribution in [2.75, 3.05) is 0 Å². The van der Waals surface area contributed by atoms with Gasteiger partial charge < -0.3 is 15.2 Å². The molecule has 2 N–H and O–H groups in total. The summed E-state index contributed by atoms with van der Waals surface area (Å²) in [6.07, 6.45) is 0.575. The Morgan fingerprint density at radius 1 is 1.55 bits per heavy atom. The number of thiol groups is 1. The van der Waals surface area contributed by atoms with Gasteiger partial charge in [0.1, 0.15) is 17.6 Å². The van der Waals surface area contributed by atoms with Gasteiger partial charge in [0.2, 0.25) is 6.41 Å². The van der Waals surface area contributed by atoms with E-state index in [4.69, 9.17) is 5.11 Å². The SMILES string of the molecule is O=CNC(C=O)C(S)C(=O)O. The highest BCUT2D eigenvalue weighted by molar-refractivity contribution is 7.81. The first-order valence-corrected chi connectivity index (χ1v) is 3.21. The number of amides is 1. The van der Waals surface area contributed by atoms with E-state index in [1.54, 1.807) is 0 Å². The number of hydrogen-bond acceptors (Lipinski definition) is 4. The van der Waals surface area contributed by atoms with Crippen LogP contribution in [0.4, 0.5) is 0 Å². The van der Waals surface area contributed by atoms with E-state index >= 15 is 0 Å². The number of aldehydes is 1. The fourth-order valence-corrected chi connectivity index (χ4v) is 0.593. The van der Waals surface area contributed by atoms with Crippen molar-refractivity contribution >= 4 is 31.3 Å². The van der Waals surface area contributed by atoms with Gasteiger partial charge in [0.25, 0.3) is 0 Å². The molecule has 0 saturated carbocycles. The first kappa shape index (κ1) is 9.96. The predicted molar refractivity (Wildman–Crippen MR) is 39.5 cm³/mol. The van der Waals surface area contributed by atoms with Crippen LogP contribution in [0.3, 0.4) is 0 Å². The minimum absolute atomic E-state index is 0.255. The second-order valence-corrected chi connectivity index (χ2v) is 2.29. The highest BCUT2D eigenvalue weighted by Gasteiger charge is 2.22. The molecule has 0 heterocycles. The van der Waals surface area contributed by atoms with E-state index in [2.05, 4.69) is 12.6 Å². The summed E-state index contributed by atoms with van der Waals surface area (Å²) in [6, 6.07) is -1.08. The lowest BCUT2D eigenvalue weighted by molar-refractivity contribution is -0.137. The van der Waals surface area contributed by atoms with Crippen molar-refractivity contribution in [3.63, 3.8) is 0 Å². The van der Waals surface area contributed by atoms with E-state index in [1.165, 1.54) is 0 Å². The molecule has 0 aliphatic heterocycles. The molecular formula is C5H7NO4S. The normalized spacial score (nSPS) is 14.6. The third-order valence-electron chi connectivity index (χ3n) is 1.00. The molecule has 0 aromatic heterocycles. The van der Waals surface area contributed by atoms with E-state index in [0.717, 1.165) is 0 Å². The van der Waals surface area contributed by atoms with Crippen molar-refractivity contribution in [3.05, 3.63) is 0 Å². The van der Waals surface area contributed by atoms with Gasteiger partial charge in [-0.2, -0.15) is 12.6 Å². The standard InChI is InChI=1S/C5H7NO4S/c7-1-3(6-2-8)4(11)5(9)10/h1-4,11H,(H,6,8)(H,9,10). The summed E-state index contributed by atoms with van der Waals surface area (Å²) >= 11 is 3.58. The number of carbonyl (C=O) groups is 3. The van der Waals surface area contributed by atoms with Crippen LogP contribution in [0.15, 0.2) is 0 Å². The largest absolute Gasteiger partial charge is 0.480 e. The lowest BCUT2D eigenvalue weighted by atomic mass is 10.2. The molecule has 0 rings (SSSR count). The van der Waals surface area contributed by atoms with Crippen LogP contribution < -0.4 is 5.32 Å². The van der Waals surface area contributed by atoms with Crippen molar-refractivity contribution in [2.45, 2.75) is 11.3 Å². The molecule has 0 aliphatic carbocycles. The van der Waals surface area contributed by atoms with Crippen molar-refractivity contribution in [1.29, 1.82) is 0 Å². The van der Waals surface area contributed by atoms with E-state index < -0.39 is 17.3 Å². The van der Waals surface area contributed by atoms with Gasteiger partial charge in [0.15, 0.2) is 0 Å². The van der Waals surface area contributed by atoms with Gasteiger partial charge in [-0.15, -0.1) is 0 Å². The Bertz CT molecular complexity index is 172. The summed E-state index contributed by atoms with van der Waals surface area (Å²) in [5.41, 5.74) is 0. The van der Waals surface area contributed by atoms with Gasteiger partial charge in [0, 0.05) is 0 Å². The molecule has 0 saturated heterocycles. The van der Waals surface area contributed by atoms with Crippen molar-refractivity contribution in [2.24, 2.45) is 0 Å². The first-order valence-electron chi connectivity index (χ1n) is 2.69. The zero-order chi connectivity index (χ0) is 8.85. The molecule has 11 heavy (non-hydrogen) atoms. The summed E-state index contributed by atoms with van der Waals surface area (Å²) in [6.45, 7) is 0. The quantitative estimate of drug-likeness (QED) is 0.359. The molecule has 5 nitrogen and oxygen atoms in total. The Balaban J connectivity index is 4.11. The molecule has 1 amide bonds. The van der Waals surface area contributed by atoms with E-state index in [9.17, 15) is 14.4 Å². The topological polar surface area (TPSA) is 83.5 Å². The monoisotopic (exact) mass is 177 g/mol. The first-order chi connectivity index (χ1) is 5.13. The smallest absolute Gasteiger partial charge is 0.318 e. The lowest BCUT2D eigenvalue weighted by Gasteiger charge is -2.11. The Labute approximate surface area is 68.2 Å². The van der Waals surface area contributed by atoms with Gasteiger partial charge >= 0.3 is 5.97 Å². The highest BCUT2D eigenvalue weighted by Crippen LogP contribution is 1.99. The Morgan fingerprint density at radius 2 is 2.09 bits per heavy atom. The molecule has 2 unspecified atom stereocenters. The second kappa shape index (κ2) is 4.73. The van der Waals surface area contributed by atoms with Gasteiger partial charge in [-0.25, -0.2) is 0 Å². The maximum Gasteiger partial charge on any atom is 0.318 e. The molecule has 2 atom stereocenters. The summed E-state index contributed by atoms with van der Waals surface area (Å²) in [4.78, 5) is 30.1. The maximum atomic E-state index is 10.2. The molecule has 0 bridgehead atoms. The number of carbonyl (C=O) groups excluding carboxylic acids is 2. The van der Waals surface area contributed by atoms with E-state index in [0.29, 0.717) is 6.29 Å². The van der Waals surface area contributed by atoms with Gasteiger partial charge in [-0.1, -0.05) is 0 Å². The minimum atomic E-state index is -1.25. The van der Waals surface area contributed by atoms with Crippen molar-refractivity contribution in [1.82, 2.24) is 5.32 Å². The van der Waals surface area contributed by atoms with Crippen LogP contribution in [0.5, 0.6) is 0 Å². The zero-order valence-corrected chi connectivity index (χ0v) is 6.32. The molecule has 0 radical (unpaired) electrons. The van der Waals surface area contributed by atoms with E-state index in [1.807, 2.05) is 5.32 Å². The van der Waals surface area contributed by atoms with Gasteiger partial charge in [-0.05, 0) is 0 Å². The van der Waals surface area contributed by atoms with Crippen LogP contribution in [-0.4, -0.2) is 35.1 Å². The second-order valence-electron chi connectivity index (χ2n) is 1.73. The van der Waals surface area contributed by atoms with Crippen molar-refractivity contribution in [3.8, 4) is 0 Å². The molecule has 62 valence electrons. The average Bonchev–Trinajstić information content (AvgIpc) is 1.98. The van der Waals surface area contributed by atoms with Crippen LogP contribution in [-0.2, 0) is 14.4 Å². The van der Waals surface area contributed by atoms with Crippen LogP contribution in [0.25, 0.3) is 0 Å². The zero-order valence-electron chi connectivity index (χ0n) is 5.43. The third kappa shape index (κ3) is 3.03. The van der Waals surface area contributed by atoms with Crippen LogP contribution in [0.2, 0.25) is 0 Å². The van der Waals surface area contributed by atoms with Crippen LogP contribution >= 0.6 is 12.6 Å². The number of carboxylic acid groups (broad SMARTS) is 1. The Morgan fingerprint density at radius 3 is 2.36 bits per heavy atom. The number of aliphatic carboxylic acids is 1. The summed E-state index contributed by atoms with van der Waals surface area (Å²) in [5.74, 6) is -1.25.